The van der Waals surface area contributed by atoms with Gasteiger partial charge in [-0.2, -0.15) is 0 Å². The van der Waals surface area contributed by atoms with Crippen molar-refractivity contribution in [3.05, 3.63) is 118 Å². The third-order valence-corrected chi connectivity index (χ3v) is 7.57. The second-order valence-electron chi connectivity index (χ2n) is 9.81. The lowest BCUT2D eigenvalue weighted by atomic mass is 9.71. The molecule has 0 aliphatic heterocycles. The summed E-state index contributed by atoms with van der Waals surface area (Å²) in [5.41, 5.74) is 2.35. The quantitative estimate of drug-likeness (QED) is 0.221. The summed E-state index contributed by atoms with van der Waals surface area (Å²) in [6, 6.07) is 32.9. The number of hydrogen-bond acceptors (Lipinski definition) is 4. The molecule has 4 nitrogen and oxygen atoms in total. The zero-order valence-electron chi connectivity index (χ0n) is 21.4. The molecule has 0 aliphatic rings. The van der Waals surface area contributed by atoms with Gasteiger partial charge in [0.05, 0.1) is 12.6 Å². The molecular formula is C32H31BrN2O2. The number of aromatic nitrogens is 1. The molecule has 5 aromatic rings. The third kappa shape index (κ3) is 5.12. The van der Waals surface area contributed by atoms with Crippen molar-refractivity contribution in [1.29, 1.82) is 0 Å². The van der Waals surface area contributed by atoms with Gasteiger partial charge in [0.2, 0.25) is 5.88 Å². The average Bonchev–Trinajstić information content (AvgIpc) is 2.92. The SMILES string of the molecule is COc1nc2ccc(Br)cc2cc1C(c1ccccc1)[C@@](O)(CCN(C)C)c1ccc2ccccc2c1. The minimum Gasteiger partial charge on any atom is -0.481 e. The van der Waals surface area contributed by atoms with E-state index in [0.29, 0.717) is 18.8 Å². The number of pyridine rings is 1. The third-order valence-electron chi connectivity index (χ3n) is 7.07. The molecule has 1 aromatic heterocycles. The Morgan fingerprint density at radius 3 is 2.32 bits per heavy atom. The van der Waals surface area contributed by atoms with Gasteiger partial charge in [-0.15, -0.1) is 0 Å². The number of halogens is 1. The van der Waals surface area contributed by atoms with Crippen molar-refractivity contribution in [2.75, 3.05) is 27.7 Å². The molecule has 1 unspecified atom stereocenters. The molecule has 1 heterocycles. The second-order valence-corrected chi connectivity index (χ2v) is 10.7. The lowest BCUT2D eigenvalue weighted by Gasteiger charge is -2.39. The summed E-state index contributed by atoms with van der Waals surface area (Å²) in [6.07, 6.45) is 0.525. The van der Waals surface area contributed by atoms with Gasteiger partial charge in [0, 0.05) is 27.9 Å². The van der Waals surface area contributed by atoms with E-state index in [9.17, 15) is 5.11 Å². The Hall–Kier alpha value is -3.25. The van der Waals surface area contributed by atoms with Crippen molar-refractivity contribution in [2.24, 2.45) is 0 Å². The number of methoxy groups -OCH3 is 1. The van der Waals surface area contributed by atoms with Gasteiger partial charge >= 0.3 is 0 Å². The van der Waals surface area contributed by atoms with Crippen LogP contribution in [-0.4, -0.2) is 42.7 Å². The molecular weight excluding hydrogens is 524 g/mol. The lowest BCUT2D eigenvalue weighted by molar-refractivity contribution is 0.00392. The maximum absolute atomic E-state index is 12.9. The Labute approximate surface area is 226 Å². The number of rotatable bonds is 8. The van der Waals surface area contributed by atoms with E-state index in [1.807, 2.05) is 56.6 Å². The molecule has 5 heteroatoms. The highest BCUT2D eigenvalue weighted by Crippen LogP contribution is 2.47. The average molecular weight is 556 g/mol. The Balaban J connectivity index is 1.80. The van der Waals surface area contributed by atoms with Crippen LogP contribution in [0.4, 0.5) is 0 Å². The first-order chi connectivity index (χ1) is 17.9. The molecule has 4 aromatic carbocycles. The normalized spacial score (nSPS) is 14.1. The van der Waals surface area contributed by atoms with Gasteiger partial charge in [0.15, 0.2) is 0 Å². The highest BCUT2D eigenvalue weighted by molar-refractivity contribution is 9.10. The van der Waals surface area contributed by atoms with Gasteiger partial charge in [0.25, 0.3) is 0 Å². The maximum atomic E-state index is 12.9. The fourth-order valence-electron chi connectivity index (χ4n) is 5.18. The van der Waals surface area contributed by atoms with Crippen LogP contribution < -0.4 is 4.74 Å². The number of aliphatic hydroxyl groups is 1. The summed E-state index contributed by atoms with van der Waals surface area (Å²) >= 11 is 3.60. The number of ether oxygens (including phenoxy) is 1. The van der Waals surface area contributed by atoms with Crippen LogP contribution in [-0.2, 0) is 5.60 Å². The Morgan fingerprint density at radius 1 is 0.865 bits per heavy atom. The molecule has 0 saturated heterocycles. The molecule has 188 valence electrons. The Bertz CT molecular complexity index is 1540. The van der Waals surface area contributed by atoms with E-state index in [0.717, 1.165) is 42.8 Å². The molecule has 0 bridgehead atoms. The summed E-state index contributed by atoms with van der Waals surface area (Å²) in [4.78, 5) is 6.98. The van der Waals surface area contributed by atoms with Crippen LogP contribution in [0.3, 0.4) is 0 Å². The van der Waals surface area contributed by atoms with Gasteiger partial charge < -0.3 is 14.7 Å². The van der Waals surface area contributed by atoms with Crippen LogP contribution in [0.2, 0.25) is 0 Å². The predicted molar refractivity (Wildman–Crippen MR) is 155 cm³/mol. The van der Waals surface area contributed by atoms with Crippen LogP contribution in [0.15, 0.2) is 102 Å². The van der Waals surface area contributed by atoms with Crippen molar-refractivity contribution < 1.29 is 9.84 Å². The van der Waals surface area contributed by atoms with E-state index in [4.69, 9.17) is 9.72 Å². The van der Waals surface area contributed by atoms with Crippen molar-refractivity contribution in [1.82, 2.24) is 9.88 Å². The number of nitrogens with zero attached hydrogens (tertiary/aromatic N) is 2. The first kappa shape index (κ1) is 25.4. The van der Waals surface area contributed by atoms with Gasteiger partial charge in [-0.1, -0.05) is 82.7 Å². The summed E-state index contributed by atoms with van der Waals surface area (Å²) < 4.78 is 6.85. The molecule has 0 radical (unpaired) electrons. The molecule has 5 rings (SSSR count). The molecule has 0 saturated carbocycles. The van der Waals surface area contributed by atoms with Crippen LogP contribution in [0.25, 0.3) is 21.7 Å². The molecule has 2 atom stereocenters. The van der Waals surface area contributed by atoms with Crippen molar-refractivity contribution in [3.63, 3.8) is 0 Å². The molecule has 0 spiro atoms. The fourth-order valence-corrected chi connectivity index (χ4v) is 5.56. The summed E-state index contributed by atoms with van der Waals surface area (Å²) in [7, 11) is 5.72. The summed E-state index contributed by atoms with van der Waals surface area (Å²) in [6.45, 7) is 0.710. The standard InChI is InChI=1S/C32H31BrN2O2/c1-35(2)18-17-32(36,26-14-13-22-9-7-8-12-24(22)19-26)30(23-10-5-4-6-11-23)28-21-25-20-27(33)15-16-29(25)34-31(28)37-3/h4-16,19-21,30,36H,17-18H2,1-3H3/t30?,32-/m1/s1. The molecule has 0 aliphatic carbocycles. The van der Waals surface area contributed by atoms with Crippen LogP contribution in [0.1, 0.15) is 29.0 Å². The van der Waals surface area contributed by atoms with E-state index < -0.39 is 11.5 Å². The summed E-state index contributed by atoms with van der Waals surface area (Å²) in [5, 5.41) is 16.1. The van der Waals surface area contributed by atoms with Crippen LogP contribution >= 0.6 is 15.9 Å². The minimum atomic E-state index is -1.23. The molecule has 37 heavy (non-hydrogen) atoms. The first-order valence-electron chi connectivity index (χ1n) is 12.4. The largest absolute Gasteiger partial charge is 0.481 e. The van der Waals surface area contributed by atoms with E-state index in [-0.39, 0.29) is 0 Å². The van der Waals surface area contributed by atoms with Crippen molar-refractivity contribution >= 4 is 37.6 Å². The first-order valence-corrected chi connectivity index (χ1v) is 13.2. The topological polar surface area (TPSA) is 45.6 Å². The molecule has 0 amide bonds. The van der Waals surface area contributed by atoms with E-state index in [2.05, 4.69) is 75.4 Å². The zero-order chi connectivity index (χ0) is 26.0. The van der Waals surface area contributed by atoms with Crippen molar-refractivity contribution in [3.8, 4) is 5.88 Å². The zero-order valence-corrected chi connectivity index (χ0v) is 22.9. The second kappa shape index (κ2) is 10.6. The van der Waals surface area contributed by atoms with Crippen molar-refractivity contribution in [2.45, 2.75) is 17.9 Å². The Kier molecular flexibility index (Phi) is 7.29. The van der Waals surface area contributed by atoms with Gasteiger partial charge in [0.1, 0.15) is 5.60 Å². The molecule has 0 fully saturated rings. The van der Waals surface area contributed by atoms with Crippen LogP contribution in [0.5, 0.6) is 5.88 Å². The lowest BCUT2D eigenvalue weighted by Crippen LogP contribution is -2.37. The number of benzene rings is 4. The van der Waals surface area contributed by atoms with Gasteiger partial charge in [-0.3, -0.25) is 0 Å². The van der Waals surface area contributed by atoms with Gasteiger partial charge in [-0.05, 0) is 72.7 Å². The Morgan fingerprint density at radius 2 is 1.59 bits per heavy atom. The minimum absolute atomic E-state index is 0.416. The molecule has 1 N–H and O–H groups in total. The highest BCUT2D eigenvalue weighted by atomic mass is 79.9. The number of fused-ring (bicyclic) bond motifs is 2. The maximum Gasteiger partial charge on any atom is 0.217 e. The predicted octanol–water partition coefficient (Wildman–Crippen LogP) is 7.13. The smallest absolute Gasteiger partial charge is 0.217 e. The van der Waals surface area contributed by atoms with Gasteiger partial charge in [-0.25, -0.2) is 4.98 Å². The fraction of sp³-hybridized carbons (Fsp3) is 0.219. The van der Waals surface area contributed by atoms with Crippen LogP contribution in [0, 0.1) is 0 Å². The number of hydrogen-bond donors (Lipinski definition) is 1. The monoisotopic (exact) mass is 554 g/mol. The van der Waals surface area contributed by atoms with E-state index in [1.54, 1.807) is 7.11 Å². The summed E-state index contributed by atoms with van der Waals surface area (Å²) in [5.74, 6) is 0.105. The van der Waals surface area contributed by atoms with E-state index >= 15 is 0 Å². The van der Waals surface area contributed by atoms with E-state index in [1.165, 1.54) is 0 Å². The highest BCUT2D eigenvalue weighted by Gasteiger charge is 2.42.